The van der Waals surface area contributed by atoms with Crippen LogP contribution >= 0.6 is 0 Å². The molecule has 39 heavy (non-hydrogen) atoms. The standard InChI is InChI=1S/C33H33N4O2/c1-39-30-12-8-23(9-13-30)18-25-19-27(21-28(34)20-25)26-10-6-24(7-11-26)22-36-16-14-29(15-17-36)37-32-5-3-2-4-31(32)35-33(37)38/h2-13,19-20,29H,14-18,22,34H2,1H3,(H,35,38). The van der Waals surface area contributed by atoms with Crippen LogP contribution < -0.4 is 16.2 Å². The molecular weight excluding hydrogens is 484 g/mol. The lowest BCUT2D eigenvalue weighted by Crippen LogP contribution is -2.36. The number of rotatable bonds is 7. The number of anilines is 1. The highest BCUT2D eigenvalue weighted by Crippen LogP contribution is 2.28. The molecule has 0 spiro atoms. The Labute approximate surface area is 228 Å². The third-order valence-corrected chi connectivity index (χ3v) is 7.73. The Morgan fingerprint density at radius 2 is 1.64 bits per heavy atom. The Morgan fingerprint density at radius 3 is 2.38 bits per heavy atom. The van der Waals surface area contributed by atoms with Gasteiger partial charge < -0.3 is 15.5 Å². The summed E-state index contributed by atoms with van der Waals surface area (Å²) in [5, 5.41) is 0. The molecular formula is C33H33N4O2. The van der Waals surface area contributed by atoms with Crippen LogP contribution in [0.4, 0.5) is 5.69 Å². The quantitative estimate of drug-likeness (QED) is 0.267. The van der Waals surface area contributed by atoms with Gasteiger partial charge in [0.25, 0.3) is 0 Å². The third-order valence-electron chi connectivity index (χ3n) is 7.73. The summed E-state index contributed by atoms with van der Waals surface area (Å²) < 4.78 is 7.22. The predicted octanol–water partition coefficient (Wildman–Crippen LogP) is 5.82. The first-order valence-electron chi connectivity index (χ1n) is 13.5. The van der Waals surface area contributed by atoms with Crippen molar-refractivity contribution in [3.8, 4) is 16.9 Å². The van der Waals surface area contributed by atoms with E-state index in [1.165, 1.54) is 11.1 Å². The highest BCUT2D eigenvalue weighted by atomic mass is 16.5. The molecule has 6 heteroatoms. The van der Waals surface area contributed by atoms with Crippen molar-refractivity contribution in [3.63, 3.8) is 0 Å². The van der Waals surface area contributed by atoms with Crippen molar-refractivity contribution in [2.24, 2.45) is 0 Å². The van der Waals surface area contributed by atoms with Gasteiger partial charge in [0.15, 0.2) is 0 Å². The Bertz CT molecular complexity index is 1630. The number of fused-ring (bicyclic) bond motifs is 1. The van der Waals surface area contributed by atoms with Crippen molar-refractivity contribution in [3.05, 3.63) is 118 Å². The number of nitrogen functional groups attached to an aromatic ring is 1. The van der Waals surface area contributed by atoms with Crippen molar-refractivity contribution in [2.75, 3.05) is 25.9 Å². The molecule has 6 rings (SSSR count). The number of nitrogens with two attached hydrogens (primary N) is 1. The number of piperidine rings is 1. The van der Waals surface area contributed by atoms with Crippen molar-refractivity contribution < 1.29 is 4.74 Å². The molecule has 2 heterocycles. The summed E-state index contributed by atoms with van der Waals surface area (Å²) in [6.45, 7) is 2.84. The largest absolute Gasteiger partial charge is 0.497 e. The molecule has 1 aromatic heterocycles. The van der Waals surface area contributed by atoms with E-state index in [4.69, 9.17) is 10.5 Å². The van der Waals surface area contributed by atoms with Gasteiger partial charge in [0.1, 0.15) is 5.75 Å². The minimum Gasteiger partial charge on any atom is -0.497 e. The molecule has 4 aromatic carbocycles. The number of hydrogen-bond donors (Lipinski definition) is 2. The number of para-hydroxylation sites is 2. The van der Waals surface area contributed by atoms with Crippen LogP contribution in [-0.2, 0) is 13.0 Å². The number of likely N-dealkylation sites (tertiary alicyclic amines) is 1. The number of hydrogen-bond acceptors (Lipinski definition) is 4. The van der Waals surface area contributed by atoms with Crippen molar-refractivity contribution in [2.45, 2.75) is 31.8 Å². The molecule has 3 N–H and O–H groups in total. The SMILES string of the molecule is COc1ccc(Cc2cc(N)[c]c(-c3ccc(CN4CCC(n5c(=O)[nH]c6ccccc65)CC4)cc3)c2)cc1. The molecule has 0 amide bonds. The minimum absolute atomic E-state index is 0.00394. The highest BCUT2D eigenvalue weighted by Gasteiger charge is 2.23. The topological polar surface area (TPSA) is 76.3 Å². The second kappa shape index (κ2) is 10.8. The van der Waals surface area contributed by atoms with Gasteiger partial charge in [-0.25, -0.2) is 4.79 Å². The average molecular weight is 518 g/mol. The van der Waals surface area contributed by atoms with Gasteiger partial charge in [0, 0.05) is 37.4 Å². The minimum atomic E-state index is -0.00394. The predicted molar refractivity (Wildman–Crippen MR) is 157 cm³/mol. The van der Waals surface area contributed by atoms with Gasteiger partial charge in [-0.1, -0.05) is 54.6 Å². The molecule has 0 saturated carbocycles. The van der Waals surface area contributed by atoms with E-state index in [1.807, 2.05) is 47.0 Å². The van der Waals surface area contributed by atoms with Crippen LogP contribution in [0.1, 0.15) is 35.6 Å². The molecule has 1 aliphatic rings. The number of imidazole rings is 1. The summed E-state index contributed by atoms with van der Waals surface area (Å²) in [6, 6.07) is 32.5. The van der Waals surface area contributed by atoms with Crippen molar-refractivity contribution in [1.82, 2.24) is 14.5 Å². The van der Waals surface area contributed by atoms with Crippen LogP contribution in [0.25, 0.3) is 22.2 Å². The van der Waals surface area contributed by atoms with Crippen LogP contribution in [0, 0.1) is 6.07 Å². The van der Waals surface area contributed by atoms with Gasteiger partial charge in [-0.2, -0.15) is 0 Å². The molecule has 5 aromatic rings. The number of aromatic amines is 1. The second-order valence-corrected chi connectivity index (χ2v) is 10.4. The molecule has 197 valence electrons. The number of ether oxygens (including phenoxy) is 1. The van der Waals surface area contributed by atoms with Gasteiger partial charge in [-0.3, -0.25) is 9.47 Å². The first-order chi connectivity index (χ1) is 19.1. The van der Waals surface area contributed by atoms with Gasteiger partial charge in [0.2, 0.25) is 0 Å². The first-order valence-corrected chi connectivity index (χ1v) is 13.5. The lowest BCUT2D eigenvalue weighted by atomic mass is 9.97. The normalized spacial score (nSPS) is 14.6. The molecule has 0 bridgehead atoms. The fourth-order valence-corrected chi connectivity index (χ4v) is 5.71. The van der Waals surface area contributed by atoms with Crippen molar-refractivity contribution >= 4 is 16.7 Å². The average Bonchev–Trinajstić information content (AvgIpc) is 3.29. The number of nitrogens with one attached hydrogen (secondary N) is 1. The summed E-state index contributed by atoms with van der Waals surface area (Å²) in [7, 11) is 1.68. The smallest absolute Gasteiger partial charge is 0.326 e. The number of benzene rings is 4. The molecule has 0 aliphatic carbocycles. The van der Waals surface area contributed by atoms with Crippen LogP contribution in [0.3, 0.4) is 0 Å². The number of methoxy groups -OCH3 is 1. The van der Waals surface area contributed by atoms with Crippen LogP contribution in [-0.4, -0.2) is 34.7 Å². The summed E-state index contributed by atoms with van der Waals surface area (Å²) in [5.74, 6) is 0.856. The zero-order valence-electron chi connectivity index (χ0n) is 22.2. The maximum atomic E-state index is 12.6. The maximum Gasteiger partial charge on any atom is 0.326 e. The van der Waals surface area contributed by atoms with Crippen LogP contribution in [0.15, 0.2) is 89.7 Å². The zero-order valence-corrected chi connectivity index (χ0v) is 22.2. The molecule has 6 nitrogen and oxygen atoms in total. The number of H-pyrrole nitrogens is 1. The summed E-state index contributed by atoms with van der Waals surface area (Å²) in [5.41, 5.74) is 14.6. The van der Waals surface area contributed by atoms with Gasteiger partial charge >= 0.3 is 5.69 Å². The van der Waals surface area contributed by atoms with E-state index < -0.39 is 0 Å². The van der Waals surface area contributed by atoms with E-state index >= 15 is 0 Å². The van der Waals surface area contributed by atoms with E-state index in [2.05, 4.69) is 58.4 Å². The van der Waals surface area contributed by atoms with Crippen molar-refractivity contribution in [1.29, 1.82) is 0 Å². The van der Waals surface area contributed by atoms with E-state index in [0.717, 1.165) is 72.4 Å². The molecule has 0 unspecified atom stereocenters. The van der Waals surface area contributed by atoms with Crippen LogP contribution in [0.2, 0.25) is 0 Å². The summed E-state index contributed by atoms with van der Waals surface area (Å²) in [6.07, 6.45) is 2.73. The fraction of sp³-hybridized carbons (Fsp3) is 0.242. The highest BCUT2D eigenvalue weighted by molar-refractivity contribution is 5.75. The fourth-order valence-electron chi connectivity index (χ4n) is 5.71. The van der Waals surface area contributed by atoms with E-state index in [1.54, 1.807) is 7.11 Å². The zero-order chi connectivity index (χ0) is 26.8. The van der Waals surface area contributed by atoms with Gasteiger partial charge in [-0.05, 0) is 77.4 Å². The number of aromatic nitrogens is 2. The van der Waals surface area contributed by atoms with Gasteiger partial charge in [-0.15, -0.1) is 0 Å². The Balaban J connectivity index is 1.10. The monoisotopic (exact) mass is 517 g/mol. The summed E-state index contributed by atoms with van der Waals surface area (Å²) in [4.78, 5) is 18.1. The van der Waals surface area contributed by atoms with Crippen LogP contribution in [0.5, 0.6) is 5.75 Å². The molecule has 1 fully saturated rings. The lowest BCUT2D eigenvalue weighted by Gasteiger charge is -2.32. The molecule has 1 saturated heterocycles. The lowest BCUT2D eigenvalue weighted by molar-refractivity contribution is 0.180. The Kier molecular flexibility index (Phi) is 6.95. The molecule has 0 atom stereocenters. The summed E-state index contributed by atoms with van der Waals surface area (Å²) >= 11 is 0. The molecule has 1 aliphatic heterocycles. The molecule has 1 radical (unpaired) electrons. The Hall–Kier alpha value is -4.29. The second-order valence-electron chi connectivity index (χ2n) is 10.4. The third kappa shape index (κ3) is 5.47. The van der Waals surface area contributed by atoms with E-state index in [0.29, 0.717) is 5.69 Å². The number of nitrogens with zero attached hydrogens (tertiary/aromatic N) is 2. The first kappa shape index (κ1) is 25.0. The van der Waals surface area contributed by atoms with Gasteiger partial charge in [0.05, 0.1) is 18.1 Å². The van der Waals surface area contributed by atoms with E-state index in [9.17, 15) is 4.79 Å². The maximum absolute atomic E-state index is 12.6. The Morgan fingerprint density at radius 1 is 0.923 bits per heavy atom. The van der Waals surface area contributed by atoms with E-state index in [-0.39, 0.29) is 11.7 Å².